The zero-order valence-electron chi connectivity index (χ0n) is 12.6. The fourth-order valence-corrected chi connectivity index (χ4v) is 4.16. The molecule has 1 aromatic carbocycles. The first-order valence-electron chi connectivity index (χ1n) is 7.43. The number of carbonyl (C=O) groups is 2. The van der Waals surface area contributed by atoms with Gasteiger partial charge in [-0.15, -0.1) is 0 Å². The minimum atomic E-state index is -0.654. The number of nitriles is 1. The number of thioether (sulfide) groups is 1. The number of hydrogen-bond acceptors (Lipinski definition) is 5. The van der Waals surface area contributed by atoms with Crippen molar-refractivity contribution in [2.24, 2.45) is 5.73 Å². The molecule has 0 spiro atoms. The second-order valence-corrected chi connectivity index (χ2v) is 7.80. The van der Waals surface area contributed by atoms with E-state index in [1.807, 2.05) is 24.3 Å². The molecule has 3 rings (SSSR count). The molecule has 1 aromatic rings. The maximum atomic E-state index is 12.5. The van der Waals surface area contributed by atoms with Gasteiger partial charge >= 0.3 is 6.03 Å². The minimum absolute atomic E-state index is 0.160. The maximum Gasteiger partial charge on any atom is 0.321 e. The molecule has 1 aliphatic carbocycles. The van der Waals surface area contributed by atoms with Crippen molar-refractivity contribution in [1.82, 2.24) is 10.6 Å². The van der Waals surface area contributed by atoms with Crippen LogP contribution in [0.3, 0.4) is 0 Å². The van der Waals surface area contributed by atoms with Gasteiger partial charge in [0.25, 0.3) is 0 Å². The number of halogens is 1. The first-order valence-corrected chi connectivity index (χ1v) is 9.10. The minimum Gasteiger partial charge on any atom is -0.393 e. The van der Waals surface area contributed by atoms with Crippen molar-refractivity contribution in [2.45, 2.75) is 30.1 Å². The van der Waals surface area contributed by atoms with Crippen molar-refractivity contribution in [3.05, 3.63) is 44.9 Å². The number of benzene rings is 1. The first kappa shape index (κ1) is 16.9. The highest BCUT2D eigenvalue weighted by Gasteiger charge is 2.41. The molecule has 1 aliphatic heterocycles. The maximum absolute atomic E-state index is 12.5. The van der Waals surface area contributed by atoms with Gasteiger partial charge in [-0.1, -0.05) is 39.8 Å². The van der Waals surface area contributed by atoms with Crippen molar-refractivity contribution in [2.75, 3.05) is 0 Å². The number of nitrogens with two attached hydrogens (primary N) is 1. The smallest absolute Gasteiger partial charge is 0.321 e. The molecule has 0 bridgehead atoms. The Hall–Kier alpha value is -1.98. The fraction of sp³-hybridized carbons (Fsp3) is 0.312. The summed E-state index contributed by atoms with van der Waals surface area (Å²) in [6, 6.07) is 9.16. The summed E-state index contributed by atoms with van der Waals surface area (Å²) in [7, 11) is 0. The second kappa shape index (κ2) is 6.87. The number of hydrogen-bond donors (Lipinski definition) is 3. The fourth-order valence-electron chi connectivity index (χ4n) is 2.58. The van der Waals surface area contributed by atoms with Crippen LogP contribution >= 0.6 is 27.7 Å². The predicted molar refractivity (Wildman–Crippen MR) is 94.8 cm³/mol. The van der Waals surface area contributed by atoms with E-state index in [0.29, 0.717) is 10.6 Å². The average Bonchev–Trinajstić information content (AvgIpc) is 3.27. The van der Waals surface area contributed by atoms with Gasteiger partial charge in [0, 0.05) is 16.4 Å². The summed E-state index contributed by atoms with van der Waals surface area (Å²) in [5, 5.41) is 14.2. The lowest BCUT2D eigenvalue weighted by Gasteiger charge is -2.19. The monoisotopic (exact) mass is 406 g/mol. The predicted octanol–water partition coefficient (Wildman–Crippen LogP) is 2.33. The van der Waals surface area contributed by atoms with E-state index in [1.54, 1.807) is 0 Å². The molecule has 2 aliphatic rings. The van der Waals surface area contributed by atoms with Gasteiger partial charge in [-0.05, 0) is 30.5 Å². The summed E-state index contributed by atoms with van der Waals surface area (Å²) in [5.41, 5.74) is 7.10. The molecule has 6 nitrogen and oxygen atoms in total. The quantitative estimate of drug-likeness (QED) is 0.713. The molecule has 4 N–H and O–H groups in total. The molecular weight excluding hydrogens is 392 g/mol. The van der Waals surface area contributed by atoms with Crippen LogP contribution < -0.4 is 16.4 Å². The summed E-state index contributed by atoms with van der Waals surface area (Å²) >= 11 is 4.52. The van der Waals surface area contributed by atoms with E-state index in [2.05, 4.69) is 32.6 Å². The molecule has 8 heteroatoms. The Morgan fingerprint density at radius 3 is 2.75 bits per heavy atom. The van der Waals surface area contributed by atoms with E-state index in [9.17, 15) is 14.9 Å². The largest absolute Gasteiger partial charge is 0.393 e. The number of nitrogens with one attached hydrogen (secondary N) is 2. The summed E-state index contributed by atoms with van der Waals surface area (Å²) in [6.45, 7) is 0. The van der Waals surface area contributed by atoms with Crippen LogP contribution in [0.2, 0.25) is 0 Å². The molecule has 24 heavy (non-hydrogen) atoms. The Morgan fingerprint density at radius 1 is 1.38 bits per heavy atom. The van der Waals surface area contributed by atoms with Crippen LogP contribution in [0, 0.1) is 11.3 Å². The van der Waals surface area contributed by atoms with E-state index in [0.717, 1.165) is 34.6 Å². The molecular formula is C16H15BrN4O2S. The normalized spacial score (nSPS) is 22.8. The third-order valence-corrected chi connectivity index (χ3v) is 5.58. The zero-order chi connectivity index (χ0) is 17.3. The van der Waals surface area contributed by atoms with Crippen LogP contribution in [0.1, 0.15) is 24.3 Å². The molecule has 0 saturated heterocycles. The molecule has 1 fully saturated rings. The van der Waals surface area contributed by atoms with Crippen LogP contribution in [-0.2, 0) is 4.79 Å². The highest BCUT2D eigenvalue weighted by Crippen LogP contribution is 2.45. The van der Waals surface area contributed by atoms with Gasteiger partial charge in [-0.25, -0.2) is 4.79 Å². The standard InChI is InChI=1S/C16H15BrN4O2S/c17-9-3-1-2-8(6-9)12-11(7-18)14(19)24-13(12)15(22)21-16(23)20-10-4-5-10/h1-3,6,10,12-13H,4-5,19H2,(H2,20,21,22,23). The summed E-state index contributed by atoms with van der Waals surface area (Å²) in [6.07, 6.45) is 1.88. The van der Waals surface area contributed by atoms with Gasteiger partial charge < -0.3 is 11.1 Å². The summed E-state index contributed by atoms with van der Waals surface area (Å²) in [4.78, 5) is 24.4. The Bertz CT molecular complexity index is 770. The van der Waals surface area contributed by atoms with Gasteiger partial charge in [-0.2, -0.15) is 5.26 Å². The molecule has 3 amide bonds. The molecule has 124 valence electrons. The Balaban J connectivity index is 1.82. The number of imide groups is 1. The Labute approximate surface area is 152 Å². The van der Waals surface area contributed by atoms with Crippen LogP contribution in [0.25, 0.3) is 0 Å². The van der Waals surface area contributed by atoms with Crippen LogP contribution in [0.5, 0.6) is 0 Å². The van der Waals surface area contributed by atoms with Gasteiger partial charge in [0.05, 0.1) is 16.7 Å². The molecule has 1 saturated carbocycles. The van der Waals surface area contributed by atoms with Crippen molar-refractivity contribution >= 4 is 39.6 Å². The number of nitrogens with zero attached hydrogens (tertiary/aromatic N) is 1. The number of rotatable bonds is 3. The lowest BCUT2D eigenvalue weighted by Crippen LogP contribution is -2.45. The van der Waals surface area contributed by atoms with Gasteiger partial charge in [0.15, 0.2) is 0 Å². The van der Waals surface area contributed by atoms with Crippen molar-refractivity contribution in [3.8, 4) is 6.07 Å². The van der Waals surface area contributed by atoms with E-state index < -0.39 is 23.1 Å². The summed E-state index contributed by atoms with van der Waals surface area (Å²) in [5.74, 6) is -0.928. The second-order valence-electron chi connectivity index (χ2n) is 5.70. The number of allylic oxidation sites excluding steroid dienone is 1. The first-order chi connectivity index (χ1) is 11.5. The van der Waals surface area contributed by atoms with E-state index in [4.69, 9.17) is 5.73 Å². The number of amides is 3. The molecule has 2 unspecified atom stereocenters. The van der Waals surface area contributed by atoms with Crippen molar-refractivity contribution in [3.63, 3.8) is 0 Å². The number of carbonyl (C=O) groups excluding carboxylic acids is 2. The third kappa shape index (κ3) is 3.57. The highest BCUT2D eigenvalue weighted by atomic mass is 79.9. The SMILES string of the molecule is N#CC1=C(N)SC(C(=O)NC(=O)NC2CC2)C1c1cccc(Br)c1. The van der Waals surface area contributed by atoms with Crippen molar-refractivity contribution in [1.29, 1.82) is 5.26 Å². The van der Waals surface area contributed by atoms with Gasteiger partial charge in [0.1, 0.15) is 5.25 Å². The summed E-state index contributed by atoms with van der Waals surface area (Å²) < 4.78 is 0.846. The number of urea groups is 1. The van der Waals surface area contributed by atoms with Crippen LogP contribution in [-0.4, -0.2) is 23.2 Å². The lowest BCUT2D eigenvalue weighted by molar-refractivity contribution is -0.119. The van der Waals surface area contributed by atoms with Crippen LogP contribution in [0.4, 0.5) is 4.79 Å². The topological polar surface area (TPSA) is 108 Å². The Kier molecular flexibility index (Phi) is 4.83. The third-order valence-electron chi connectivity index (χ3n) is 3.87. The lowest BCUT2D eigenvalue weighted by atomic mass is 9.89. The van der Waals surface area contributed by atoms with E-state index in [-0.39, 0.29) is 6.04 Å². The van der Waals surface area contributed by atoms with E-state index in [1.165, 1.54) is 0 Å². The molecule has 0 radical (unpaired) electrons. The van der Waals surface area contributed by atoms with E-state index >= 15 is 0 Å². The molecule has 0 aromatic heterocycles. The molecule has 2 atom stereocenters. The average molecular weight is 407 g/mol. The van der Waals surface area contributed by atoms with Gasteiger partial charge in [0.2, 0.25) is 5.91 Å². The molecule has 1 heterocycles. The zero-order valence-corrected chi connectivity index (χ0v) is 15.0. The Morgan fingerprint density at radius 2 is 2.12 bits per heavy atom. The highest BCUT2D eigenvalue weighted by molar-refractivity contribution is 9.10. The van der Waals surface area contributed by atoms with Gasteiger partial charge in [-0.3, -0.25) is 10.1 Å². The van der Waals surface area contributed by atoms with Crippen LogP contribution in [0.15, 0.2) is 39.3 Å². The van der Waals surface area contributed by atoms with Crippen molar-refractivity contribution < 1.29 is 9.59 Å².